The van der Waals surface area contributed by atoms with Crippen LogP contribution in [0.15, 0.2) is 24.3 Å². The first-order valence-corrected chi connectivity index (χ1v) is 7.98. The molecule has 0 radical (unpaired) electrons. The van der Waals surface area contributed by atoms with Crippen LogP contribution in [0.2, 0.25) is 0 Å². The lowest BCUT2D eigenvalue weighted by atomic mass is 9.84. The Morgan fingerprint density at radius 2 is 1.72 bits per heavy atom. The van der Waals surface area contributed by atoms with Crippen LogP contribution in [-0.4, -0.2) is 25.0 Å². The zero-order valence-electron chi connectivity index (χ0n) is 11.1. The lowest BCUT2D eigenvalue weighted by Gasteiger charge is -2.24. The summed E-state index contributed by atoms with van der Waals surface area (Å²) in [4.78, 5) is 0. The van der Waals surface area contributed by atoms with E-state index in [1.165, 1.54) is 5.56 Å². The first-order valence-electron chi connectivity index (χ1n) is 6.16. The molecule has 0 aromatic heterocycles. The van der Waals surface area contributed by atoms with Crippen molar-refractivity contribution in [3.05, 3.63) is 35.4 Å². The van der Waals surface area contributed by atoms with Crippen LogP contribution in [0.25, 0.3) is 0 Å². The second-order valence-electron chi connectivity index (χ2n) is 6.20. The molecule has 1 fully saturated rings. The number of hydrogen-bond acceptors (Lipinski definition) is 3. The van der Waals surface area contributed by atoms with E-state index in [4.69, 9.17) is 0 Å². The van der Waals surface area contributed by atoms with Gasteiger partial charge in [-0.05, 0) is 23.0 Å². The van der Waals surface area contributed by atoms with Crippen molar-refractivity contribution in [2.45, 2.75) is 38.2 Å². The number of aliphatic hydroxyl groups is 1. The monoisotopic (exact) mass is 268 g/mol. The van der Waals surface area contributed by atoms with Crippen molar-refractivity contribution >= 4 is 9.84 Å². The van der Waals surface area contributed by atoms with Gasteiger partial charge in [-0.3, -0.25) is 0 Å². The summed E-state index contributed by atoms with van der Waals surface area (Å²) in [5, 5.41) is 10.4. The summed E-state index contributed by atoms with van der Waals surface area (Å²) in [6.07, 6.45) is 0.296. The number of benzene rings is 1. The highest BCUT2D eigenvalue weighted by atomic mass is 32.2. The molecule has 1 N–H and O–H groups in total. The summed E-state index contributed by atoms with van der Waals surface area (Å²) in [6.45, 7) is 6.37. The Kier molecular flexibility index (Phi) is 3.06. The fraction of sp³-hybridized carbons (Fsp3) is 0.571. The molecule has 1 aromatic rings. The van der Waals surface area contributed by atoms with Crippen LogP contribution in [-0.2, 0) is 20.9 Å². The van der Waals surface area contributed by atoms with E-state index >= 15 is 0 Å². The van der Waals surface area contributed by atoms with Gasteiger partial charge in [0.2, 0.25) is 0 Å². The van der Waals surface area contributed by atoms with Crippen molar-refractivity contribution < 1.29 is 13.5 Å². The maximum Gasteiger partial charge on any atom is 0.153 e. The van der Waals surface area contributed by atoms with Crippen LogP contribution >= 0.6 is 0 Å². The largest absolute Gasteiger partial charge is 0.384 e. The normalized spacial score (nSPS) is 27.3. The van der Waals surface area contributed by atoms with Crippen molar-refractivity contribution in [2.24, 2.45) is 0 Å². The summed E-state index contributed by atoms with van der Waals surface area (Å²) in [5.41, 5.74) is 0.741. The van der Waals surface area contributed by atoms with Gasteiger partial charge >= 0.3 is 0 Å². The summed E-state index contributed by atoms with van der Waals surface area (Å²) in [6, 6.07) is 7.64. The van der Waals surface area contributed by atoms with Gasteiger partial charge < -0.3 is 5.11 Å². The summed E-state index contributed by atoms with van der Waals surface area (Å²) in [7, 11) is -3.09. The van der Waals surface area contributed by atoms with Gasteiger partial charge in [-0.15, -0.1) is 0 Å². The van der Waals surface area contributed by atoms with E-state index in [-0.39, 0.29) is 16.9 Å². The van der Waals surface area contributed by atoms with Crippen LogP contribution in [0.4, 0.5) is 0 Å². The smallest absolute Gasteiger partial charge is 0.153 e. The van der Waals surface area contributed by atoms with Crippen molar-refractivity contribution in [1.82, 2.24) is 0 Å². The average molecular weight is 268 g/mol. The van der Waals surface area contributed by atoms with Gasteiger partial charge in [-0.25, -0.2) is 8.42 Å². The average Bonchev–Trinajstić information content (AvgIpc) is 2.53. The molecule has 3 nitrogen and oxygen atoms in total. The zero-order chi connectivity index (χ0) is 13.6. The Balaban J connectivity index is 2.31. The maximum atomic E-state index is 11.5. The topological polar surface area (TPSA) is 54.4 Å². The van der Waals surface area contributed by atoms with Crippen LogP contribution in [0.3, 0.4) is 0 Å². The maximum absolute atomic E-state index is 11.5. The lowest BCUT2D eigenvalue weighted by molar-refractivity contribution is 0.0652. The van der Waals surface area contributed by atoms with Crippen LogP contribution in [0.5, 0.6) is 0 Å². The minimum atomic E-state index is -3.09. The van der Waals surface area contributed by atoms with E-state index in [2.05, 4.69) is 20.8 Å². The SMILES string of the molecule is CC(C)(C)c1ccc(C2(O)CCS(=O)(=O)C2)cc1. The third-order valence-electron chi connectivity index (χ3n) is 3.57. The fourth-order valence-corrected chi connectivity index (χ4v) is 4.17. The van der Waals surface area contributed by atoms with E-state index in [9.17, 15) is 13.5 Å². The number of sulfone groups is 1. The van der Waals surface area contributed by atoms with E-state index < -0.39 is 15.4 Å². The van der Waals surface area contributed by atoms with Gasteiger partial charge in [0.25, 0.3) is 0 Å². The third kappa shape index (κ3) is 2.59. The van der Waals surface area contributed by atoms with Crippen molar-refractivity contribution in [1.29, 1.82) is 0 Å². The molecule has 1 saturated heterocycles. The number of rotatable bonds is 1. The summed E-state index contributed by atoms with van der Waals surface area (Å²) < 4.78 is 23.0. The third-order valence-corrected chi connectivity index (χ3v) is 5.32. The molecule has 0 aliphatic carbocycles. The molecular weight excluding hydrogens is 248 g/mol. The van der Waals surface area contributed by atoms with Gasteiger partial charge in [-0.1, -0.05) is 45.0 Å². The number of hydrogen-bond donors (Lipinski definition) is 1. The molecule has 1 aliphatic rings. The summed E-state index contributed by atoms with van der Waals surface area (Å²) >= 11 is 0. The van der Waals surface area contributed by atoms with Gasteiger partial charge in [0.1, 0.15) is 5.60 Å². The molecule has 2 rings (SSSR count). The van der Waals surface area contributed by atoms with E-state index in [1.807, 2.05) is 24.3 Å². The summed E-state index contributed by atoms with van der Waals surface area (Å²) in [5.74, 6) is -0.0839. The first kappa shape index (κ1) is 13.6. The van der Waals surface area contributed by atoms with Gasteiger partial charge in [0.15, 0.2) is 9.84 Å². The van der Waals surface area contributed by atoms with E-state index in [1.54, 1.807) is 0 Å². The minimum Gasteiger partial charge on any atom is -0.384 e. The molecule has 0 bridgehead atoms. The zero-order valence-corrected chi connectivity index (χ0v) is 11.9. The molecule has 100 valence electrons. The predicted molar refractivity (Wildman–Crippen MR) is 72.3 cm³/mol. The Morgan fingerprint density at radius 1 is 1.17 bits per heavy atom. The minimum absolute atomic E-state index is 0.0584. The second kappa shape index (κ2) is 4.07. The van der Waals surface area contributed by atoms with Gasteiger partial charge in [-0.2, -0.15) is 0 Å². The Hall–Kier alpha value is -0.870. The lowest BCUT2D eigenvalue weighted by Crippen LogP contribution is -2.27. The molecule has 1 aromatic carbocycles. The highest BCUT2D eigenvalue weighted by Crippen LogP contribution is 2.34. The molecular formula is C14H20O3S. The van der Waals surface area contributed by atoms with Crippen LogP contribution in [0, 0.1) is 0 Å². The van der Waals surface area contributed by atoms with Gasteiger partial charge in [0.05, 0.1) is 11.5 Å². The van der Waals surface area contributed by atoms with Crippen LogP contribution in [0.1, 0.15) is 38.3 Å². The molecule has 1 atom stereocenters. The quantitative estimate of drug-likeness (QED) is 0.847. The molecule has 4 heteroatoms. The fourth-order valence-electron chi connectivity index (χ4n) is 2.34. The van der Waals surface area contributed by atoms with Crippen molar-refractivity contribution in [3.8, 4) is 0 Å². The Bertz CT molecular complexity index is 537. The molecule has 0 spiro atoms. The highest BCUT2D eigenvalue weighted by Gasteiger charge is 2.41. The first-order chi connectivity index (χ1) is 8.12. The standard InChI is InChI=1S/C14H20O3S/c1-13(2,3)11-4-6-12(7-5-11)14(15)8-9-18(16,17)10-14/h4-7,15H,8-10H2,1-3H3. The van der Waals surface area contributed by atoms with Crippen LogP contribution < -0.4 is 0 Å². The van der Waals surface area contributed by atoms with E-state index in [0.717, 1.165) is 0 Å². The second-order valence-corrected chi connectivity index (χ2v) is 8.39. The molecule has 18 heavy (non-hydrogen) atoms. The Labute approximate surface area is 109 Å². The highest BCUT2D eigenvalue weighted by molar-refractivity contribution is 7.91. The van der Waals surface area contributed by atoms with Crippen molar-refractivity contribution in [3.63, 3.8) is 0 Å². The predicted octanol–water partition coefficient (Wildman–Crippen LogP) is 1.99. The molecule has 0 amide bonds. The van der Waals surface area contributed by atoms with Crippen molar-refractivity contribution in [2.75, 3.05) is 11.5 Å². The molecule has 1 unspecified atom stereocenters. The molecule has 1 heterocycles. The Morgan fingerprint density at radius 3 is 2.11 bits per heavy atom. The molecule has 0 saturated carbocycles. The van der Waals surface area contributed by atoms with Gasteiger partial charge in [0, 0.05) is 0 Å². The van der Waals surface area contributed by atoms with E-state index in [0.29, 0.717) is 12.0 Å². The molecule has 1 aliphatic heterocycles.